The highest BCUT2D eigenvalue weighted by atomic mass is 19.1. The average molecular weight is 340 g/mol. The molecule has 0 unspecified atom stereocenters. The number of ether oxygens (including phenoxy) is 2. The van der Waals surface area contributed by atoms with Gasteiger partial charge in [0, 0.05) is 25.5 Å². The topological polar surface area (TPSA) is 76.7 Å². The van der Waals surface area contributed by atoms with E-state index in [1.165, 1.54) is 0 Å². The summed E-state index contributed by atoms with van der Waals surface area (Å²) in [7, 11) is 0. The van der Waals surface area contributed by atoms with Crippen LogP contribution < -0.4 is 10.6 Å². The molecule has 0 radical (unpaired) electrons. The third kappa shape index (κ3) is 3.70. The Hall–Kier alpha value is -2.06. The Balaban J connectivity index is 1.47. The van der Waals surface area contributed by atoms with Crippen molar-refractivity contribution >= 4 is 17.5 Å². The molecule has 1 aromatic carbocycles. The van der Waals surface area contributed by atoms with Crippen LogP contribution in [0.25, 0.3) is 0 Å². The van der Waals surface area contributed by atoms with E-state index in [-0.39, 0.29) is 18.3 Å². The minimum Gasteiger partial charge on any atom is -0.347 e. The van der Waals surface area contributed by atoms with Crippen LogP contribution in [0.1, 0.15) is 25.7 Å². The molecule has 2 N–H and O–H groups in total. The molecule has 2 aliphatic rings. The Bertz CT molecular complexity index is 647. The predicted molar refractivity (Wildman–Crippen MR) is 80.0 cm³/mol. The highest BCUT2D eigenvalue weighted by molar-refractivity contribution is 6.39. The number of amides is 2. The molecular formula is C16H18F2N2O4. The van der Waals surface area contributed by atoms with E-state index in [9.17, 15) is 18.4 Å². The molecule has 0 bridgehead atoms. The first kappa shape index (κ1) is 16.8. The number of carbonyl (C=O) groups excluding carboxylic acids is 2. The molecule has 1 heterocycles. The van der Waals surface area contributed by atoms with Gasteiger partial charge >= 0.3 is 11.8 Å². The molecule has 8 heteroatoms. The van der Waals surface area contributed by atoms with E-state index in [0.29, 0.717) is 12.7 Å². The molecule has 1 saturated carbocycles. The average Bonchev–Trinajstić information content (AvgIpc) is 3.18. The second-order valence-corrected chi connectivity index (χ2v) is 5.96. The van der Waals surface area contributed by atoms with Crippen LogP contribution in [0.2, 0.25) is 0 Å². The third-order valence-electron chi connectivity index (χ3n) is 4.15. The largest absolute Gasteiger partial charge is 0.347 e. The van der Waals surface area contributed by atoms with E-state index in [2.05, 4.69) is 10.6 Å². The van der Waals surface area contributed by atoms with Crippen molar-refractivity contribution in [1.29, 1.82) is 0 Å². The zero-order valence-corrected chi connectivity index (χ0v) is 12.9. The van der Waals surface area contributed by atoms with E-state index in [0.717, 1.165) is 37.8 Å². The van der Waals surface area contributed by atoms with Gasteiger partial charge in [0.25, 0.3) is 0 Å². The molecule has 1 aliphatic heterocycles. The van der Waals surface area contributed by atoms with Crippen molar-refractivity contribution in [2.75, 3.05) is 18.5 Å². The molecule has 1 atom stereocenters. The molecule has 24 heavy (non-hydrogen) atoms. The monoisotopic (exact) mass is 340 g/mol. The standard InChI is InChI=1S/C16H18F2N2O4/c17-10-3-4-13(12(18)7-10)20-15(22)14(21)19-8-11-9-23-16(24-11)5-1-2-6-16/h3-4,7,11H,1-2,5-6,8-9H2,(H,19,21)(H,20,22)/t11-/m1/s1. The second kappa shape index (κ2) is 6.82. The van der Waals surface area contributed by atoms with Crippen molar-refractivity contribution in [3.8, 4) is 0 Å². The number of rotatable bonds is 3. The summed E-state index contributed by atoms with van der Waals surface area (Å²) in [5.41, 5.74) is -0.262. The first-order chi connectivity index (χ1) is 11.5. The summed E-state index contributed by atoms with van der Waals surface area (Å²) < 4.78 is 37.7. The first-order valence-corrected chi connectivity index (χ1v) is 7.83. The predicted octanol–water partition coefficient (Wildman–Crippen LogP) is 1.71. The van der Waals surface area contributed by atoms with Crippen molar-refractivity contribution in [1.82, 2.24) is 5.32 Å². The maximum atomic E-state index is 13.5. The van der Waals surface area contributed by atoms with Gasteiger partial charge in [0.15, 0.2) is 5.79 Å². The number of carbonyl (C=O) groups is 2. The van der Waals surface area contributed by atoms with Crippen molar-refractivity contribution < 1.29 is 27.8 Å². The van der Waals surface area contributed by atoms with Crippen LogP contribution >= 0.6 is 0 Å². The molecule has 1 aliphatic carbocycles. The summed E-state index contributed by atoms with van der Waals surface area (Å²) in [6, 6.07) is 2.66. The highest BCUT2D eigenvalue weighted by Crippen LogP contribution is 2.38. The molecule has 1 saturated heterocycles. The summed E-state index contributed by atoms with van der Waals surface area (Å²) in [6.07, 6.45) is 3.45. The number of benzene rings is 1. The lowest BCUT2D eigenvalue weighted by molar-refractivity contribution is -0.161. The number of halogens is 2. The van der Waals surface area contributed by atoms with E-state index in [1.807, 2.05) is 0 Å². The summed E-state index contributed by atoms with van der Waals surface area (Å²) in [5.74, 6) is -4.21. The zero-order valence-electron chi connectivity index (χ0n) is 12.9. The Morgan fingerprint density at radius 3 is 2.67 bits per heavy atom. The molecule has 2 fully saturated rings. The van der Waals surface area contributed by atoms with Gasteiger partial charge in [0.1, 0.15) is 17.7 Å². The highest BCUT2D eigenvalue weighted by Gasteiger charge is 2.43. The third-order valence-corrected chi connectivity index (χ3v) is 4.15. The lowest BCUT2D eigenvalue weighted by atomic mass is 10.2. The molecule has 3 rings (SSSR count). The Morgan fingerprint density at radius 2 is 1.96 bits per heavy atom. The van der Waals surface area contributed by atoms with Gasteiger partial charge < -0.3 is 20.1 Å². The van der Waals surface area contributed by atoms with Gasteiger partial charge in [-0.25, -0.2) is 8.78 Å². The second-order valence-electron chi connectivity index (χ2n) is 5.96. The van der Waals surface area contributed by atoms with Crippen LogP contribution in [-0.4, -0.2) is 36.9 Å². The van der Waals surface area contributed by atoms with E-state index in [4.69, 9.17) is 9.47 Å². The maximum absolute atomic E-state index is 13.5. The van der Waals surface area contributed by atoms with E-state index >= 15 is 0 Å². The van der Waals surface area contributed by atoms with Gasteiger partial charge in [-0.05, 0) is 25.0 Å². The first-order valence-electron chi connectivity index (χ1n) is 7.83. The van der Waals surface area contributed by atoms with Crippen LogP contribution in [0.15, 0.2) is 18.2 Å². The minimum absolute atomic E-state index is 0.125. The molecule has 6 nitrogen and oxygen atoms in total. The Kier molecular flexibility index (Phi) is 4.77. The maximum Gasteiger partial charge on any atom is 0.313 e. The quantitative estimate of drug-likeness (QED) is 0.821. The van der Waals surface area contributed by atoms with E-state index < -0.39 is 29.2 Å². The summed E-state index contributed by atoms with van der Waals surface area (Å²) >= 11 is 0. The van der Waals surface area contributed by atoms with Crippen LogP contribution in [0.5, 0.6) is 0 Å². The molecule has 1 aromatic rings. The molecule has 2 amide bonds. The normalized spacial score (nSPS) is 21.8. The van der Waals surface area contributed by atoms with Crippen molar-refractivity contribution in [2.45, 2.75) is 37.6 Å². The fourth-order valence-corrected chi connectivity index (χ4v) is 2.95. The smallest absolute Gasteiger partial charge is 0.313 e. The van der Waals surface area contributed by atoms with Gasteiger partial charge in [-0.15, -0.1) is 0 Å². The van der Waals surface area contributed by atoms with Crippen LogP contribution in [0, 0.1) is 11.6 Å². The van der Waals surface area contributed by atoms with Gasteiger partial charge in [-0.1, -0.05) is 0 Å². The summed E-state index contributed by atoms with van der Waals surface area (Å²) in [4.78, 5) is 23.5. The summed E-state index contributed by atoms with van der Waals surface area (Å²) in [6.45, 7) is 0.481. The van der Waals surface area contributed by atoms with Crippen LogP contribution in [-0.2, 0) is 19.1 Å². The number of hydrogen-bond donors (Lipinski definition) is 2. The van der Waals surface area contributed by atoms with Gasteiger partial charge in [-0.3, -0.25) is 9.59 Å². The van der Waals surface area contributed by atoms with E-state index in [1.54, 1.807) is 0 Å². The molecular weight excluding hydrogens is 322 g/mol. The minimum atomic E-state index is -1.03. The fourth-order valence-electron chi connectivity index (χ4n) is 2.95. The number of nitrogens with one attached hydrogen (secondary N) is 2. The summed E-state index contributed by atoms with van der Waals surface area (Å²) in [5, 5.41) is 4.53. The van der Waals surface area contributed by atoms with Crippen molar-refractivity contribution in [3.63, 3.8) is 0 Å². The lowest BCUT2D eigenvalue weighted by Crippen LogP contribution is -2.40. The van der Waals surface area contributed by atoms with Crippen LogP contribution in [0.4, 0.5) is 14.5 Å². The molecule has 130 valence electrons. The molecule has 1 spiro atoms. The van der Waals surface area contributed by atoms with Crippen molar-refractivity contribution in [3.05, 3.63) is 29.8 Å². The molecule has 0 aromatic heterocycles. The van der Waals surface area contributed by atoms with Crippen LogP contribution in [0.3, 0.4) is 0 Å². The fraction of sp³-hybridized carbons (Fsp3) is 0.500. The van der Waals surface area contributed by atoms with Gasteiger partial charge in [-0.2, -0.15) is 0 Å². The van der Waals surface area contributed by atoms with Gasteiger partial charge in [0.2, 0.25) is 0 Å². The van der Waals surface area contributed by atoms with Gasteiger partial charge in [0.05, 0.1) is 12.3 Å². The SMILES string of the molecule is O=C(NC[C@@H]1COC2(CCCC2)O1)C(=O)Nc1ccc(F)cc1F. The van der Waals surface area contributed by atoms with Crippen molar-refractivity contribution in [2.24, 2.45) is 0 Å². The number of anilines is 1. The Labute approximate surface area is 137 Å². The lowest BCUT2D eigenvalue weighted by Gasteiger charge is -2.21. The zero-order chi connectivity index (χ0) is 17.2. The number of hydrogen-bond acceptors (Lipinski definition) is 4. The Morgan fingerprint density at radius 1 is 1.21 bits per heavy atom.